The van der Waals surface area contributed by atoms with Crippen molar-refractivity contribution < 1.29 is 14.5 Å². The first-order chi connectivity index (χ1) is 15.0. The van der Waals surface area contributed by atoms with E-state index in [4.69, 9.17) is 4.74 Å². The number of hydrogen-bond acceptors (Lipinski definition) is 6. The predicted octanol–water partition coefficient (Wildman–Crippen LogP) is 4.53. The van der Waals surface area contributed by atoms with E-state index in [0.29, 0.717) is 17.2 Å². The molecule has 1 aromatic heterocycles. The number of nitro groups is 1. The van der Waals surface area contributed by atoms with Gasteiger partial charge in [0, 0.05) is 17.3 Å². The maximum absolute atomic E-state index is 12.6. The van der Waals surface area contributed by atoms with Crippen molar-refractivity contribution >= 4 is 17.3 Å². The van der Waals surface area contributed by atoms with E-state index in [1.165, 1.54) is 35.5 Å². The van der Waals surface area contributed by atoms with Crippen molar-refractivity contribution in [3.8, 4) is 17.2 Å². The lowest BCUT2D eigenvalue weighted by Crippen LogP contribution is -2.13. The molecule has 0 aliphatic carbocycles. The van der Waals surface area contributed by atoms with E-state index in [2.05, 4.69) is 15.4 Å². The van der Waals surface area contributed by atoms with Crippen molar-refractivity contribution in [1.82, 2.24) is 14.8 Å². The number of amides is 1. The molecule has 0 fully saturated rings. The van der Waals surface area contributed by atoms with Gasteiger partial charge in [-0.3, -0.25) is 14.9 Å². The molecule has 0 radical (unpaired) electrons. The molecule has 0 spiro atoms. The molecule has 0 atom stereocenters. The summed E-state index contributed by atoms with van der Waals surface area (Å²) in [6.07, 6.45) is 2.62. The molecule has 31 heavy (non-hydrogen) atoms. The molecule has 0 saturated heterocycles. The Balaban J connectivity index is 1.48. The summed E-state index contributed by atoms with van der Waals surface area (Å²) in [4.78, 5) is 27.3. The lowest BCUT2D eigenvalue weighted by Gasteiger charge is -2.09. The Labute approximate surface area is 177 Å². The second kappa shape index (κ2) is 8.46. The van der Waals surface area contributed by atoms with Gasteiger partial charge in [-0.05, 0) is 55.5 Å². The van der Waals surface area contributed by atoms with Crippen LogP contribution in [0.4, 0.5) is 11.4 Å². The zero-order chi connectivity index (χ0) is 21.8. The fourth-order valence-corrected chi connectivity index (χ4v) is 2.89. The molecule has 0 bridgehead atoms. The molecule has 1 amide bonds. The van der Waals surface area contributed by atoms with Crippen molar-refractivity contribution in [1.29, 1.82) is 0 Å². The molecule has 4 rings (SSSR count). The quantitative estimate of drug-likeness (QED) is 0.366. The molecule has 0 unspecified atom stereocenters. The van der Waals surface area contributed by atoms with Crippen LogP contribution >= 0.6 is 0 Å². The Bertz CT molecular complexity index is 1220. The van der Waals surface area contributed by atoms with Crippen molar-refractivity contribution in [2.75, 3.05) is 5.32 Å². The average Bonchev–Trinajstić information content (AvgIpc) is 3.31. The van der Waals surface area contributed by atoms with Gasteiger partial charge in [-0.2, -0.15) is 5.10 Å². The minimum Gasteiger partial charge on any atom is -0.457 e. The molecule has 3 aromatic carbocycles. The minimum atomic E-state index is -0.564. The Kier molecular flexibility index (Phi) is 5.39. The van der Waals surface area contributed by atoms with Crippen LogP contribution in [0.25, 0.3) is 5.69 Å². The van der Waals surface area contributed by atoms with Gasteiger partial charge in [0.15, 0.2) is 0 Å². The smallest absolute Gasteiger partial charge is 0.295 e. The van der Waals surface area contributed by atoms with Crippen LogP contribution in [0.5, 0.6) is 11.5 Å². The van der Waals surface area contributed by atoms with Gasteiger partial charge in [0.2, 0.25) is 0 Å². The maximum Gasteiger partial charge on any atom is 0.295 e. The van der Waals surface area contributed by atoms with Crippen LogP contribution < -0.4 is 10.1 Å². The highest BCUT2D eigenvalue weighted by molar-refractivity contribution is 6.04. The van der Waals surface area contributed by atoms with Crippen LogP contribution in [0.3, 0.4) is 0 Å². The third-order valence-electron chi connectivity index (χ3n) is 4.47. The first-order valence-corrected chi connectivity index (χ1v) is 9.29. The van der Waals surface area contributed by atoms with E-state index in [0.717, 1.165) is 5.56 Å². The van der Waals surface area contributed by atoms with Gasteiger partial charge in [-0.15, -0.1) is 0 Å². The number of benzene rings is 3. The molecule has 0 aliphatic rings. The Morgan fingerprint density at radius 2 is 1.71 bits per heavy atom. The number of nitrogens with one attached hydrogen (secondary N) is 1. The number of aromatic nitrogens is 3. The second-order valence-corrected chi connectivity index (χ2v) is 6.69. The Hall–Kier alpha value is -4.53. The summed E-state index contributed by atoms with van der Waals surface area (Å²) >= 11 is 0. The van der Waals surface area contributed by atoms with Crippen molar-refractivity contribution in [2.45, 2.75) is 6.92 Å². The van der Waals surface area contributed by atoms with E-state index >= 15 is 0 Å². The van der Waals surface area contributed by atoms with Crippen LogP contribution in [0, 0.1) is 17.0 Å². The fraction of sp³-hybridized carbons (Fsp3) is 0.0455. The summed E-state index contributed by atoms with van der Waals surface area (Å²) < 4.78 is 7.04. The lowest BCUT2D eigenvalue weighted by atomic mass is 10.1. The van der Waals surface area contributed by atoms with Gasteiger partial charge >= 0.3 is 0 Å². The fourth-order valence-electron chi connectivity index (χ4n) is 2.89. The number of nitro benzene ring substituents is 1. The molecule has 0 aliphatic heterocycles. The molecule has 1 N–H and O–H groups in total. The average molecular weight is 415 g/mol. The van der Waals surface area contributed by atoms with Crippen LogP contribution in [0.15, 0.2) is 79.4 Å². The van der Waals surface area contributed by atoms with E-state index in [1.807, 2.05) is 31.2 Å². The van der Waals surface area contributed by atoms with Gasteiger partial charge in [-0.25, -0.2) is 9.67 Å². The first kappa shape index (κ1) is 19.8. The Morgan fingerprint density at radius 3 is 2.32 bits per heavy atom. The van der Waals surface area contributed by atoms with E-state index in [9.17, 15) is 14.9 Å². The molecule has 9 nitrogen and oxygen atoms in total. The molecular weight excluding hydrogens is 398 g/mol. The van der Waals surface area contributed by atoms with Crippen LogP contribution in [0.1, 0.15) is 15.9 Å². The van der Waals surface area contributed by atoms with Crippen LogP contribution in [0.2, 0.25) is 0 Å². The summed E-state index contributed by atoms with van der Waals surface area (Å²) in [5.74, 6) is 0.859. The van der Waals surface area contributed by atoms with Crippen LogP contribution in [-0.2, 0) is 0 Å². The monoisotopic (exact) mass is 415 g/mol. The van der Waals surface area contributed by atoms with Crippen molar-refractivity contribution in [3.63, 3.8) is 0 Å². The first-order valence-electron chi connectivity index (χ1n) is 9.29. The highest BCUT2D eigenvalue weighted by Gasteiger charge is 2.19. The van der Waals surface area contributed by atoms with Crippen molar-refractivity contribution in [2.24, 2.45) is 0 Å². The zero-order valence-electron chi connectivity index (χ0n) is 16.4. The molecule has 154 valence electrons. The minimum absolute atomic E-state index is 0.149. The molecule has 0 saturated carbocycles. The summed E-state index contributed by atoms with van der Waals surface area (Å²) in [6, 6.07) is 18.7. The molecule has 9 heteroatoms. The summed E-state index contributed by atoms with van der Waals surface area (Å²) in [5, 5.41) is 18.1. The van der Waals surface area contributed by atoms with E-state index < -0.39 is 10.8 Å². The number of anilines is 1. The van der Waals surface area contributed by atoms with Gasteiger partial charge in [0.05, 0.1) is 4.92 Å². The lowest BCUT2D eigenvalue weighted by molar-refractivity contribution is -0.384. The number of carbonyl (C=O) groups excluding carboxylic acids is 1. The van der Waals surface area contributed by atoms with Gasteiger partial charge < -0.3 is 10.1 Å². The SMILES string of the molecule is Cc1ccc(Oc2ccc(NC(=O)c3ccc(-n4cncn4)c([N+](=O)[O-])c3)cc2)cc1. The highest BCUT2D eigenvalue weighted by atomic mass is 16.6. The van der Waals surface area contributed by atoms with E-state index in [-0.39, 0.29) is 16.9 Å². The topological polar surface area (TPSA) is 112 Å². The number of hydrogen-bond donors (Lipinski definition) is 1. The zero-order valence-corrected chi connectivity index (χ0v) is 16.4. The normalized spacial score (nSPS) is 10.5. The van der Waals surface area contributed by atoms with Crippen molar-refractivity contribution in [3.05, 3.63) is 101 Å². The third-order valence-corrected chi connectivity index (χ3v) is 4.47. The number of ether oxygens (including phenoxy) is 1. The van der Waals surface area contributed by atoms with Gasteiger partial charge in [0.1, 0.15) is 29.8 Å². The standard InChI is InChI=1S/C22H17N5O4/c1-15-2-7-18(8-3-15)31-19-9-5-17(6-10-19)25-22(28)16-4-11-20(21(12-16)27(29)30)26-14-23-13-24-26/h2-14H,1H3,(H,25,28). The maximum atomic E-state index is 12.6. The summed E-state index contributed by atoms with van der Waals surface area (Å²) in [7, 11) is 0. The second-order valence-electron chi connectivity index (χ2n) is 6.69. The van der Waals surface area contributed by atoms with E-state index in [1.54, 1.807) is 24.3 Å². The van der Waals surface area contributed by atoms with Gasteiger partial charge in [0.25, 0.3) is 11.6 Å². The number of nitrogens with zero attached hydrogens (tertiary/aromatic N) is 4. The van der Waals surface area contributed by atoms with Crippen LogP contribution in [-0.4, -0.2) is 25.6 Å². The number of rotatable bonds is 6. The summed E-state index contributed by atoms with van der Waals surface area (Å²) in [6.45, 7) is 2.00. The Morgan fingerprint density at radius 1 is 1.03 bits per heavy atom. The third kappa shape index (κ3) is 4.56. The summed E-state index contributed by atoms with van der Waals surface area (Å²) in [5.41, 5.74) is 1.79. The molecular formula is C22H17N5O4. The predicted molar refractivity (Wildman–Crippen MR) is 114 cm³/mol. The highest BCUT2D eigenvalue weighted by Crippen LogP contribution is 2.26. The largest absolute Gasteiger partial charge is 0.457 e. The molecule has 1 heterocycles. The number of aryl methyl sites for hydroxylation is 1. The number of carbonyl (C=O) groups is 1. The molecule has 4 aromatic rings. The van der Waals surface area contributed by atoms with Gasteiger partial charge in [-0.1, -0.05) is 17.7 Å².